The van der Waals surface area contributed by atoms with E-state index in [-0.39, 0.29) is 5.91 Å². The number of hydrogen-bond donors (Lipinski definition) is 0. The van der Waals surface area contributed by atoms with Crippen molar-refractivity contribution in [2.24, 2.45) is 4.99 Å². The number of hydrogen-bond acceptors (Lipinski definition) is 5. The maximum atomic E-state index is 12.9. The number of fused-ring (bicyclic) bond motifs is 1. The van der Waals surface area contributed by atoms with Crippen molar-refractivity contribution in [3.63, 3.8) is 0 Å². The Bertz CT molecular complexity index is 1070. The van der Waals surface area contributed by atoms with Crippen LogP contribution in [0.15, 0.2) is 52.4 Å². The first-order valence-electron chi connectivity index (χ1n) is 10.2. The van der Waals surface area contributed by atoms with Crippen LogP contribution < -0.4 is 9.54 Å². The number of thioether (sulfide) groups is 1. The maximum Gasteiger partial charge on any atom is 0.279 e. The van der Waals surface area contributed by atoms with Gasteiger partial charge in [-0.15, -0.1) is 11.8 Å². The Morgan fingerprint density at radius 3 is 2.73 bits per heavy atom. The van der Waals surface area contributed by atoms with Crippen molar-refractivity contribution in [2.45, 2.75) is 44.4 Å². The minimum Gasteiger partial charge on any atom is -0.494 e. The highest BCUT2D eigenvalue weighted by atomic mass is 32.2. The standard InChI is InChI=1S/C23H28N2O3S2/c1-5-27-13-12-25-20-11-10-18(28-6-2)15-21(20)30-23(25)24-22(26)17-8-7-9-19(14-17)29-16(3)4/h7-11,14-16H,5-6,12-13H2,1-4H3. The number of amides is 1. The summed E-state index contributed by atoms with van der Waals surface area (Å²) < 4.78 is 14.3. The molecule has 1 heterocycles. The molecule has 1 aromatic heterocycles. The summed E-state index contributed by atoms with van der Waals surface area (Å²) in [5.41, 5.74) is 1.63. The lowest BCUT2D eigenvalue weighted by atomic mass is 10.2. The number of nitrogens with zero attached hydrogens (tertiary/aromatic N) is 2. The van der Waals surface area contributed by atoms with Crippen LogP contribution in [0.25, 0.3) is 10.2 Å². The second kappa shape index (κ2) is 10.8. The molecule has 0 unspecified atom stereocenters. The zero-order valence-corrected chi connectivity index (χ0v) is 19.5. The molecule has 7 heteroatoms. The van der Waals surface area contributed by atoms with Gasteiger partial charge in [-0.2, -0.15) is 4.99 Å². The van der Waals surface area contributed by atoms with Crippen molar-refractivity contribution in [3.05, 3.63) is 52.8 Å². The third-order valence-corrected chi connectivity index (χ3v) is 6.32. The van der Waals surface area contributed by atoms with E-state index in [1.807, 2.05) is 56.3 Å². The van der Waals surface area contributed by atoms with Crippen molar-refractivity contribution in [1.29, 1.82) is 0 Å². The van der Waals surface area contributed by atoms with Crippen LogP contribution in [0.4, 0.5) is 0 Å². The van der Waals surface area contributed by atoms with Gasteiger partial charge in [0.1, 0.15) is 5.75 Å². The monoisotopic (exact) mass is 444 g/mol. The summed E-state index contributed by atoms with van der Waals surface area (Å²) in [6.07, 6.45) is 0. The molecule has 0 aliphatic rings. The summed E-state index contributed by atoms with van der Waals surface area (Å²) in [6.45, 7) is 10.7. The highest BCUT2D eigenvalue weighted by Crippen LogP contribution is 2.25. The summed E-state index contributed by atoms with van der Waals surface area (Å²) in [7, 11) is 0. The minimum atomic E-state index is -0.233. The van der Waals surface area contributed by atoms with Crippen molar-refractivity contribution >= 4 is 39.2 Å². The van der Waals surface area contributed by atoms with Crippen LogP contribution in [0.3, 0.4) is 0 Å². The van der Waals surface area contributed by atoms with Crippen LogP contribution in [-0.2, 0) is 11.3 Å². The molecule has 160 valence electrons. The molecular formula is C23H28N2O3S2. The van der Waals surface area contributed by atoms with E-state index in [1.165, 1.54) is 11.3 Å². The molecule has 0 N–H and O–H groups in total. The topological polar surface area (TPSA) is 52.8 Å². The van der Waals surface area contributed by atoms with Gasteiger partial charge in [0.05, 0.1) is 23.4 Å². The van der Waals surface area contributed by atoms with Gasteiger partial charge in [-0.25, -0.2) is 0 Å². The SMILES string of the molecule is CCOCCn1c(=NC(=O)c2cccc(SC(C)C)c2)sc2cc(OCC)ccc21. The first-order chi connectivity index (χ1) is 14.5. The second-order valence-corrected chi connectivity index (χ2v) is 9.57. The fourth-order valence-electron chi connectivity index (χ4n) is 3.04. The quantitative estimate of drug-likeness (QED) is 0.328. The molecule has 3 aromatic rings. The Morgan fingerprint density at radius 2 is 2.00 bits per heavy atom. The molecule has 1 amide bonds. The Morgan fingerprint density at radius 1 is 1.17 bits per heavy atom. The third-order valence-electron chi connectivity index (χ3n) is 4.28. The smallest absolute Gasteiger partial charge is 0.279 e. The first-order valence-corrected chi connectivity index (χ1v) is 11.9. The van der Waals surface area contributed by atoms with Crippen molar-refractivity contribution in [1.82, 2.24) is 4.57 Å². The summed E-state index contributed by atoms with van der Waals surface area (Å²) in [4.78, 5) is 19.2. The Balaban J connectivity index is 2.00. The molecule has 0 bridgehead atoms. The maximum absolute atomic E-state index is 12.9. The van der Waals surface area contributed by atoms with E-state index in [0.29, 0.717) is 42.0 Å². The highest BCUT2D eigenvalue weighted by Gasteiger charge is 2.11. The number of rotatable bonds is 9. The van der Waals surface area contributed by atoms with E-state index in [1.54, 1.807) is 11.8 Å². The molecule has 0 atom stereocenters. The van der Waals surface area contributed by atoms with Gasteiger partial charge in [-0.1, -0.05) is 31.3 Å². The van der Waals surface area contributed by atoms with Crippen molar-refractivity contribution < 1.29 is 14.3 Å². The average Bonchev–Trinajstić information content (AvgIpc) is 3.04. The van der Waals surface area contributed by atoms with E-state index in [2.05, 4.69) is 23.4 Å². The summed E-state index contributed by atoms with van der Waals surface area (Å²) in [6, 6.07) is 13.7. The predicted octanol–water partition coefficient (Wildman–Crippen LogP) is 5.38. The molecule has 0 saturated heterocycles. The molecule has 0 spiro atoms. The van der Waals surface area contributed by atoms with Crippen LogP contribution in [0.2, 0.25) is 0 Å². The molecule has 0 radical (unpaired) electrons. The summed E-state index contributed by atoms with van der Waals surface area (Å²) in [5.74, 6) is 0.586. The number of ether oxygens (including phenoxy) is 2. The molecule has 30 heavy (non-hydrogen) atoms. The lowest BCUT2D eigenvalue weighted by Gasteiger charge is -2.07. The number of benzene rings is 2. The first kappa shape index (κ1) is 22.6. The normalized spacial score (nSPS) is 12.1. The van der Waals surface area contributed by atoms with Crippen LogP contribution in [0, 0.1) is 0 Å². The number of carbonyl (C=O) groups excluding carboxylic acids is 1. The van der Waals surface area contributed by atoms with Crippen LogP contribution >= 0.6 is 23.1 Å². The lowest BCUT2D eigenvalue weighted by Crippen LogP contribution is -2.19. The lowest BCUT2D eigenvalue weighted by molar-refractivity contribution is 0.0996. The Kier molecular flexibility index (Phi) is 8.13. The van der Waals surface area contributed by atoms with Gasteiger partial charge in [0.15, 0.2) is 4.80 Å². The fourth-order valence-corrected chi connectivity index (χ4v) is 5.02. The average molecular weight is 445 g/mol. The van der Waals surface area contributed by atoms with Gasteiger partial charge in [-0.05, 0) is 50.2 Å². The number of carbonyl (C=O) groups is 1. The van der Waals surface area contributed by atoms with E-state index in [9.17, 15) is 4.79 Å². The minimum absolute atomic E-state index is 0.233. The predicted molar refractivity (Wildman–Crippen MR) is 125 cm³/mol. The van der Waals surface area contributed by atoms with E-state index < -0.39 is 0 Å². The number of aromatic nitrogens is 1. The Hall–Kier alpha value is -2.09. The zero-order valence-electron chi connectivity index (χ0n) is 17.9. The van der Waals surface area contributed by atoms with Crippen molar-refractivity contribution in [3.8, 4) is 5.75 Å². The van der Waals surface area contributed by atoms with Gasteiger partial charge in [0, 0.05) is 28.9 Å². The van der Waals surface area contributed by atoms with Gasteiger partial charge >= 0.3 is 0 Å². The van der Waals surface area contributed by atoms with Gasteiger partial charge in [0.2, 0.25) is 0 Å². The second-order valence-electron chi connectivity index (χ2n) is 6.91. The van der Waals surface area contributed by atoms with Crippen molar-refractivity contribution in [2.75, 3.05) is 19.8 Å². The van der Waals surface area contributed by atoms with Crippen LogP contribution in [0.5, 0.6) is 5.75 Å². The Labute approximate surface area is 185 Å². The third kappa shape index (κ3) is 5.74. The molecule has 5 nitrogen and oxygen atoms in total. The highest BCUT2D eigenvalue weighted by molar-refractivity contribution is 7.99. The summed E-state index contributed by atoms with van der Waals surface area (Å²) >= 11 is 3.23. The molecule has 3 rings (SSSR count). The van der Waals surface area contributed by atoms with Gasteiger partial charge < -0.3 is 14.0 Å². The molecule has 0 aliphatic carbocycles. The van der Waals surface area contributed by atoms with Gasteiger partial charge in [0.25, 0.3) is 5.91 Å². The van der Waals surface area contributed by atoms with Crippen LogP contribution in [-0.4, -0.2) is 35.5 Å². The van der Waals surface area contributed by atoms with Gasteiger partial charge in [-0.3, -0.25) is 4.79 Å². The largest absolute Gasteiger partial charge is 0.494 e. The molecule has 2 aromatic carbocycles. The number of thiazole rings is 1. The molecule has 0 fully saturated rings. The molecular weight excluding hydrogens is 416 g/mol. The van der Waals surface area contributed by atoms with E-state index in [0.717, 1.165) is 20.9 Å². The van der Waals surface area contributed by atoms with E-state index >= 15 is 0 Å². The molecule has 0 aliphatic heterocycles. The zero-order chi connectivity index (χ0) is 21.5. The fraction of sp³-hybridized carbons (Fsp3) is 0.391. The van der Waals surface area contributed by atoms with Crippen LogP contribution in [0.1, 0.15) is 38.1 Å². The van der Waals surface area contributed by atoms with E-state index in [4.69, 9.17) is 9.47 Å². The summed E-state index contributed by atoms with van der Waals surface area (Å²) in [5, 5.41) is 0.454. The molecule has 0 saturated carbocycles.